The summed E-state index contributed by atoms with van der Waals surface area (Å²) in [6.45, 7) is 2.12. The third kappa shape index (κ3) is 1.90. The lowest BCUT2D eigenvalue weighted by atomic mass is 9.96. The molecule has 1 aliphatic heterocycles. The van der Waals surface area contributed by atoms with Crippen LogP contribution in [0.15, 0.2) is 42.5 Å². The molecule has 0 fully saturated rings. The number of anilines is 1. The average Bonchev–Trinajstić information content (AvgIpc) is 2.74. The molecule has 0 aliphatic carbocycles. The zero-order valence-corrected chi connectivity index (χ0v) is 11.6. The molecular weight excluding hydrogens is 253 g/mol. The molecule has 0 aromatic heterocycles. The molecule has 1 aliphatic rings. The normalized spacial score (nSPS) is 17.1. The maximum atomic E-state index is 13.8. The number of ketones is 1. The first kappa shape index (κ1) is 12.9. The summed E-state index contributed by atoms with van der Waals surface area (Å²) in [6, 6.07) is 12.2. The summed E-state index contributed by atoms with van der Waals surface area (Å²) in [7, 11) is 2.02. The Morgan fingerprint density at radius 3 is 2.60 bits per heavy atom. The number of rotatable bonds is 2. The Morgan fingerprint density at radius 1 is 1.15 bits per heavy atom. The number of carbonyl (C=O) groups is 1. The zero-order chi connectivity index (χ0) is 14.3. The molecule has 0 unspecified atom stereocenters. The number of hydrogen-bond donors (Lipinski definition) is 0. The molecule has 1 atom stereocenters. The number of fused-ring (bicyclic) bond motifs is 1. The molecule has 3 rings (SSSR count). The van der Waals surface area contributed by atoms with Gasteiger partial charge in [0, 0.05) is 24.3 Å². The van der Waals surface area contributed by atoms with Crippen molar-refractivity contribution in [3.05, 3.63) is 65.0 Å². The molecule has 0 spiro atoms. The highest BCUT2D eigenvalue weighted by Crippen LogP contribution is 2.34. The van der Waals surface area contributed by atoms with E-state index < -0.39 is 5.82 Å². The van der Waals surface area contributed by atoms with Gasteiger partial charge < -0.3 is 4.90 Å². The first-order valence-corrected chi connectivity index (χ1v) is 6.73. The van der Waals surface area contributed by atoms with Gasteiger partial charge in [0.25, 0.3) is 0 Å². The van der Waals surface area contributed by atoms with Gasteiger partial charge in [0.05, 0.1) is 5.56 Å². The smallest absolute Gasteiger partial charge is 0.196 e. The SMILES string of the molecule is C[C@@H]1Cc2c(C(=O)c3ccccc3F)cccc2N1C. The molecule has 3 heteroatoms. The van der Waals surface area contributed by atoms with E-state index in [1.165, 1.54) is 6.07 Å². The summed E-state index contributed by atoms with van der Waals surface area (Å²) in [4.78, 5) is 14.7. The Labute approximate surface area is 117 Å². The Hall–Kier alpha value is -2.16. The molecule has 0 saturated carbocycles. The molecule has 0 radical (unpaired) electrons. The maximum Gasteiger partial charge on any atom is 0.196 e. The predicted molar refractivity (Wildman–Crippen MR) is 77.8 cm³/mol. The number of halogens is 1. The van der Waals surface area contributed by atoms with Gasteiger partial charge in [0.2, 0.25) is 0 Å². The van der Waals surface area contributed by atoms with Crippen LogP contribution in [0.1, 0.15) is 28.4 Å². The van der Waals surface area contributed by atoms with E-state index in [0.29, 0.717) is 11.6 Å². The second kappa shape index (κ2) is 4.75. The number of likely N-dealkylation sites (N-methyl/N-ethyl adjacent to an activating group) is 1. The summed E-state index contributed by atoms with van der Waals surface area (Å²) < 4.78 is 13.8. The van der Waals surface area contributed by atoms with Crippen LogP contribution < -0.4 is 4.90 Å². The van der Waals surface area contributed by atoms with Crippen molar-refractivity contribution in [1.29, 1.82) is 0 Å². The molecule has 20 heavy (non-hydrogen) atoms. The molecule has 1 heterocycles. The Kier molecular flexibility index (Phi) is 3.05. The second-order valence-corrected chi connectivity index (χ2v) is 5.28. The second-order valence-electron chi connectivity index (χ2n) is 5.28. The van der Waals surface area contributed by atoms with Crippen LogP contribution in [0.25, 0.3) is 0 Å². The fourth-order valence-corrected chi connectivity index (χ4v) is 2.79. The van der Waals surface area contributed by atoms with Crippen LogP contribution in [0.4, 0.5) is 10.1 Å². The quantitative estimate of drug-likeness (QED) is 0.778. The third-order valence-corrected chi connectivity index (χ3v) is 4.06. The van der Waals surface area contributed by atoms with Crippen molar-refractivity contribution in [2.45, 2.75) is 19.4 Å². The lowest BCUT2D eigenvalue weighted by Crippen LogP contribution is -2.23. The van der Waals surface area contributed by atoms with Gasteiger partial charge in [-0.2, -0.15) is 0 Å². The Bertz CT molecular complexity index is 680. The highest BCUT2D eigenvalue weighted by molar-refractivity contribution is 6.11. The lowest BCUT2D eigenvalue weighted by Gasteiger charge is -2.18. The highest BCUT2D eigenvalue weighted by atomic mass is 19.1. The molecule has 2 aromatic carbocycles. The van der Waals surface area contributed by atoms with Crippen molar-refractivity contribution in [2.24, 2.45) is 0 Å². The molecule has 2 nitrogen and oxygen atoms in total. The van der Waals surface area contributed by atoms with E-state index in [-0.39, 0.29) is 11.3 Å². The van der Waals surface area contributed by atoms with Crippen molar-refractivity contribution in [3.8, 4) is 0 Å². The van der Waals surface area contributed by atoms with Gasteiger partial charge >= 0.3 is 0 Å². The van der Waals surface area contributed by atoms with Gasteiger partial charge in [0.15, 0.2) is 5.78 Å². The summed E-state index contributed by atoms with van der Waals surface area (Å²) in [5.74, 6) is -0.697. The standard InChI is InChI=1S/C17H16FNO/c1-11-10-14-12(7-5-9-16(14)19(11)2)17(20)13-6-3-4-8-15(13)18/h3-9,11H,10H2,1-2H3/t11-/m1/s1. The first-order valence-electron chi connectivity index (χ1n) is 6.73. The molecule has 102 valence electrons. The minimum Gasteiger partial charge on any atom is -0.371 e. The minimum atomic E-state index is -0.463. The molecule has 0 saturated heterocycles. The first-order chi connectivity index (χ1) is 9.59. The van der Waals surface area contributed by atoms with Crippen molar-refractivity contribution < 1.29 is 9.18 Å². The summed E-state index contributed by atoms with van der Waals surface area (Å²) in [6.07, 6.45) is 0.822. The van der Waals surface area contributed by atoms with Crippen molar-refractivity contribution in [2.75, 3.05) is 11.9 Å². The average molecular weight is 269 g/mol. The molecule has 0 N–H and O–H groups in total. The van der Waals surface area contributed by atoms with Gasteiger partial charge in [-0.25, -0.2) is 4.39 Å². The Morgan fingerprint density at radius 2 is 1.85 bits per heavy atom. The molecule has 2 aromatic rings. The third-order valence-electron chi connectivity index (χ3n) is 4.06. The van der Waals surface area contributed by atoms with Crippen molar-refractivity contribution >= 4 is 11.5 Å². The topological polar surface area (TPSA) is 20.3 Å². The largest absolute Gasteiger partial charge is 0.371 e. The van der Waals surface area contributed by atoms with Crippen LogP contribution >= 0.6 is 0 Å². The Balaban J connectivity index is 2.09. The number of carbonyl (C=O) groups excluding carboxylic acids is 1. The zero-order valence-electron chi connectivity index (χ0n) is 11.6. The predicted octanol–water partition coefficient (Wildman–Crippen LogP) is 3.44. The fraction of sp³-hybridized carbons (Fsp3) is 0.235. The van der Waals surface area contributed by atoms with E-state index in [1.807, 2.05) is 19.2 Å². The van der Waals surface area contributed by atoms with E-state index in [2.05, 4.69) is 11.8 Å². The van der Waals surface area contributed by atoms with Crippen molar-refractivity contribution in [1.82, 2.24) is 0 Å². The minimum absolute atomic E-state index is 0.142. The van der Waals surface area contributed by atoms with E-state index in [1.54, 1.807) is 24.3 Å². The van der Waals surface area contributed by atoms with Gasteiger partial charge in [-0.3, -0.25) is 4.79 Å². The van der Waals surface area contributed by atoms with E-state index in [4.69, 9.17) is 0 Å². The van der Waals surface area contributed by atoms with Crippen molar-refractivity contribution in [3.63, 3.8) is 0 Å². The molecule has 0 amide bonds. The number of benzene rings is 2. The fourth-order valence-electron chi connectivity index (χ4n) is 2.79. The summed E-state index contributed by atoms with van der Waals surface area (Å²) >= 11 is 0. The van der Waals surface area contributed by atoms with Crippen LogP contribution in [-0.2, 0) is 6.42 Å². The molecular formula is C17H16FNO. The maximum absolute atomic E-state index is 13.8. The van der Waals surface area contributed by atoms with E-state index in [0.717, 1.165) is 17.7 Å². The van der Waals surface area contributed by atoms with Gasteiger partial charge in [-0.15, -0.1) is 0 Å². The monoisotopic (exact) mass is 269 g/mol. The van der Waals surface area contributed by atoms with Gasteiger partial charge in [-0.05, 0) is 37.1 Å². The summed E-state index contributed by atoms with van der Waals surface area (Å²) in [5, 5.41) is 0. The van der Waals surface area contributed by atoms with Gasteiger partial charge in [0.1, 0.15) is 5.82 Å². The van der Waals surface area contributed by atoms with E-state index in [9.17, 15) is 9.18 Å². The van der Waals surface area contributed by atoms with Crippen LogP contribution in [0.2, 0.25) is 0 Å². The lowest BCUT2D eigenvalue weighted by molar-refractivity contribution is 0.103. The van der Waals surface area contributed by atoms with Gasteiger partial charge in [-0.1, -0.05) is 24.3 Å². The number of nitrogens with zero attached hydrogens (tertiary/aromatic N) is 1. The van der Waals surface area contributed by atoms with E-state index >= 15 is 0 Å². The molecule has 0 bridgehead atoms. The van der Waals surface area contributed by atoms with Crippen LogP contribution in [0, 0.1) is 5.82 Å². The summed E-state index contributed by atoms with van der Waals surface area (Å²) in [5.41, 5.74) is 2.85. The number of hydrogen-bond acceptors (Lipinski definition) is 2. The van der Waals surface area contributed by atoms with Crippen LogP contribution in [0.3, 0.4) is 0 Å². The van der Waals surface area contributed by atoms with Crippen LogP contribution in [-0.4, -0.2) is 18.9 Å². The van der Waals surface area contributed by atoms with Crippen LogP contribution in [0.5, 0.6) is 0 Å². The highest BCUT2D eigenvalue weighted by Gasteiger charge is 2.28.